The number of nitrogens with one attached hydrogen (secondary N) is 1. The summed E-state index contributed by atoms with van der Waals surface area (Å²) in [6, 6.07) is 7.36. The molecule has 112 valence electrons. The Balaban J connectivity index is 1.64. The smallest absolute Gasteiger partial charge is 0.185 e. The second-order valence-electron chi connectivity index (χ2n) is 5.64. The molecule has 0 atom stereocenters. The van der Waals surface area contributed by atoms with E-state index in [1.54, 1.807) is 11.3 Å². The number of hydrogen-bond donors (Lipinski definition) is 1. The van der Waals surface area contributed by atoms with Crippen molar-refractivity contribution in [2.24, 2.45) is 0 Å². The molecule has 1 heterocycles. The highest BCUT2D eigenvalue weighted by Gasteiger charge is 2.21. The Bertz CT molecular complexity index is 604. The molecule has 1 saturated carbocycles. The van der Waals surface area contributed by atoms with E-state index in [0.29, 0.717) is 6.04 Å². The molecular formula is C16H20FN3S. The molecule has 1 aromatic carbocycles. The van der Waals surface area contributed by atoms with Gasteiger partial charge in [-0.15, -0.1) is 11.3 Å². The lowest BCUT2D eigenvalue weighted by molar-refractivity contribution is 0.627. The summed E-state index contributed by atoms with van der Waals surface area (Å²) in [5.74, 6) is -0.195. The van der Waals surface area contributed by atoms with Crippen molar-refractivity contribution >= 4 is 16.5 Å². The van der Waals surface area contributed by atoms with Crippen LogP contribution in [-0.4, -0.2) is 18.1 Å². The first-order valence-electron chi connectivity index (χ1n) is 7.27. The van der Waals surface area contributed by atoms with Crippen LogP contribution in [0.15, 0.2) is 24.3 Å². The Hall–Kier alpha value is -1.46. The van der Waals surface area contributed by atoms with E-state index in [2.05, 4.69) is 22.1 Å². The monoisotopic (exact) mass is 305 g/mol. The first-order chi connectivity index (χ1) is 10.1. The highest BCUT2D eigenvalue weighted by atomic mass is 32.1. The predicted molar refractivity (Wildman–Crippen MR) is 85.2 cm³/mol. The quantitative estimate of drug-likeness (QED) is 0.885. The van der Waals surface area contributed by atoms with Gasteiger partial charge in [-0.3, -0.25) is 0 Å². The van der Waals surface area contributed by atoms with E-state index in [-0.39, 0.29) is 5.82 Å². The number of thiazole rings is 1. The Morgan fingerprint density at radius 1 is 1.33 bits per heavy atom. The minimum absolute atomic E-state index is 0.195. The number of aryl methyl sites for hydroxylation is 1. The second-order valence-corrected chi connectivity index (χ2v) is 6.70. The number of aromatic nitrogens is 1. The van der Waals surface area contributed by atoms with Gasteiger partial charge in [0.1, 0.15) is 5.82 Å². The van der Waals surface area contributed by atoms with Crippen molar-refractivity contribution in [2.75, 3.05) is 11.9 Å². The molecule has 1 aromatic heterocycles. The normalized spacial score (nSPS) is 14.4. The van der Waals surface area contributed by atoms with Crippen LogP contribution in [0.4, 0.5) is 9.52 Å². The van der Waals surface area contributed by atoms with Crippen LogP contribution in [0.3, 0.4) is 0 Å². The fourth-order valence-electron chi connectivity index (χ4n) is 2.20. The SMILES string of the molecule is Cc1nc(N(C)Cc2ccc(F)cc2)sc1CNC1CC1. The molecule has 0 radical (unpaired) electrons. The van der Waals surface area contributed by atoms with Crippen LogP contribution in [-0.2, 0) is 13.1 Å². The minimum atomic E-state index is -0.195. The maximum absolute atomic E-state index is 12.9. The molecule has 0 bridgehead atoms. The van der Waals surface area contributed by atoms with Crippen molar-refractivity contribution < 1.29 is 4.39 Å². The highest BCUT2D eigenvalue weighted by molar-refractivity contribution is 7.15. The number of halogens is 1. The lowest BCUT2D eigenvalue weighted by Gasteiger charge is -2.15. The molecule has 3 nitrogen and oxygen atoms in total. The third-order valence-electron chi connectivity index (χ3n) is 3.67. The minimum Gasteiger partial charge on any atom is -0.347 e. The van der Waals surface area contributed by atoms with Crippen molar-refractivity contribution in [3.8, 4) is 0 Å². The topological polar surface area (TPSA) is 28.2 Å². The van der Waals surface area contributed by atoms with Gasteiger partial charge in [0.25, 0.3) is 0 Å². The second kappa shape index (κ2) is 6.12. The van der Waals surface area contributed by atoms with E-state index in [9.17, 15) is 4.39 Å². The lowest BCUT2D eigenvalue weighted by atomic mass is 10.2. The van der Waals surface area contributed by atoms with Crippen LogP contribution < -0.4 is 10.2 Å². The molecule has 1 N–H and O–H groups in total. The summed E-state index contributed by atoms with van der Waals surface area (Å²) in [6.07, 6.45) is 2.60. The molecule has 0 amide bonds. The van der Waals surface area contributed by atoms with Gasteiger partial charge < -0.3 is 10.2 Å². The van der Waals surface area contributed by atoms with Gasteiger partial charge in [-0.05, 0) is 37.5 Å². The van der Waals surface area contributed by atoms with Crippen LogP contribution in [0, 0.1) is 12.7 Å². The maximum Gasteiger partial charge on any atom is 0.185 e. The summed E-state index contributed by atoms with van der Waals surface area (Å²) < 4.78 is 12.9. The first-order valence-corrected chi connectivity index (χ1v) is 8.09. The molecule has 1 aliphatic carbocycles. The van der Waals surface area contributed by atoms with Crippen molar-refractivity contribution in [1.82, 2.24) is 10.3 Å². The van der Waals surface area contributed by atoms with Crippen LogP contribution in [0.2, 0.25) is 0 Å². The molecule has 5 heteroatoms. The summed E-state index contributed by atoms with van der Waals surface area (Å²) in [7, 11) is 2.03. The average molecular weight is 305 g/mol. The maximum atomic E-state index is 12.9. The summed E-state index contributed by atoms with van der Waals surface area (Å²) >= 11 is 1.74. The van der Waals surface area contributed by atoms with Gasteiger partial charge in [0.05, 0.1) is 5.69 Å². The molecule has 0 spiro atoms. The third kappa shape index (κ3) is 3.80. The molecule has 0 unspecified atom stereocenters. The molecule has 1 aliphatic rings. The van der Waals surface area contributed by atoms with E-state index in [1.807, 2.05) is 19.2 Å². The number of benzene rings is 1. The summed E-state index contributed by atoms with van der Waals surface area (Å²) in [5.41, 5.74) is 2.19. The van der Waals surface area contributed by atoms with Gasteiger partial charge >= 0.3 is 0 Å². The number of nitrogens with zero attached hydrogens (tertiary/aromatic N) is 2. The number of hydrogen-bond acceptors (Lipinski definition) is 4. The van der Waals surface area contributed by atoms with Crippen LogP contribution in [0.25, 0.3) is 0 Å². The highest BCUT2D eigenvalue weighted by Crippen LogP contribution is 2.27. The lowest BCUT2D eigenvalue weighted by Crippen LogP contribution is -2.16. The molecular weight excluding hydrogens is 285 g/mol. The van der Waals surface area contributed by atoms with E-state index < -0.39 is 0 Å². The fourth-order valence-corrected chi connectivity index (χ4v) is 3.17. The summed E-state index contributed by atoms with van der Waals surface area (Å²) in [4.78, 5) is 8.08. The van der Waals surface area contributed by atoms with E-state index in [1.165, 1.54) is 29.9 Å². The Morgan fingerprint density at radius 2 is 2.05 bits per heavy atom. The van der Waals surface area contributed by atoms with Gasteiger partial charge in [0.15, 0.2) is 5.13 Å². The van der Waals surface area contributed by atoms with E-state index in [0.717, 1.165) is 29.5 Å². The zero-order valence-corrected chi connectivity index (χ0v) is 13.2. The van der Waals surface area contributed by atoms with Crippen molar-refractivity contribution in [3.63, 3.8) is 0 Å². The van der Waals surface area contributed by atoms with Crippen molar-refractivity contribution in [1.29, 1.82) is 0 Å². The summed E-state index contributed by atoms with van der Waals surface area (Å²) in [6.45, 7) is 3.72. The molecule has 3 rings (SSSR count). The molecule has 21 heavy (non-hydrogen) atoms. The van der Waals surface area contributed by atoms with Crippen molar-refractivity contribution in [3.05, 3.63) is 46.2 Å². The van der Waals surface area contributed by atoms with Crippen LogP contribution in [0.5, 0.6) is 0 Å². The molecule has 2 aromatic rings. The molecule has 1 fully saturated rings. The van der Waals surface area contributed by atoms with E-state index >= 15 is 0 Å². The Morgan fingerprint density at radius 3 is 2.71 bits per heavy atom. The zero-order valence-electron chi connectivity index (χ0n) is 12.4. The molecule has 0 aliphatic heterocycles. The molecule has 0 saturated heterocycles. The average Bonchev–Trinajstić information content (AvgIpc) is 3.22. The first kappa shape index (κ1) is 14.5. The predicted octanol–water partition coefficient (Wildman–Crippen LogP) is 3.48. The van der Waals surface area contributed by atoms with Gasteiger partial charge in [-0.1, -0.05) is 12.1 Å². The number of rotatable bonds is 6. The van der Waals surface area contributed by atoms with Crippen LogP contribution >= 0.6 is 11.3 Å². The Labute approximate surface area is 128 Å². The van der Waals surface area contributed by atoms with Gasteiger partial charge in [0.2, 0.25) is 0 Å². The van der Waals surface area contributed by atoms with Crippen molar-refractivity contribution in [2.45, 2.75) is 38.9 Å². The standard InChI is InChI=1S/C16H20FN3S/c1-11-15(9-18-14-7-8-14)21-16(19-11)20(2)10-12-3-5-13(17)6-4-12/h3-6,14,18H,7-10H2,1-2H3. The van der Waals surface area contributed by atoms with Gasteiger partial charge in [0, 0.05) is 31.1 Å². The third-order valence-corrected chi connectivity index (χ3v) is 4.94. The van der Waals surface area contributed by atoms with Gasteiger partial charge in [-0.2, -0.15) is 0 Å². The zero-order chi connectivity index (χ0) is 14.8. The fraction of sp³-hybridized carbons (Fsp3) is 0.438. The number of anilines is 1. The van der Waals surface area contributed by atoms with Gasteiger partial charge in [-0.25, -0.2) is 9.37 Å². The summed E-state index contributed by atoms with van der Waals surface area (Å²) in [5, 5.41) is 4.55. The van der Waals surface area contributed by atoms with E-state index in [4.69, 9.17) is 0 Å². The largest absolute Gasteiger partial charge is 0.347 e. The Kier molecular flexibility index (Phi) is 4.22. The van der Waals surface area contributed by atoms with Crippen LogP contribution in [0.1, 0.15) is 29.0 Å².